The highest BCUT2D eigenvalue weighted by atomic mass is 32.1. The fraction of sp³-hybridized carbons (Fsp3) is 0.435. The zero-order valence-corrected chi connectivity index (χ0v) is 18.3. The molecule has 0 bridgehead atoms. The van der Waals surface area contributed by atoms with Crippen molar-refractivity contribution in [1.29, 1.82) is 0 Å². The summed E-state index contributed by atoms with van der Waals surface area (Å²) in [5.74, 6) is 0.406. The van der Waals surface area contributed by atoms with Gasteiger partial charge in [0.05, 0.1) is 10.7 Å². The lowest BCUT2D eigenvalue weighted by molar-refractivity contribution is -0.123. The van der Waals surface area contributed by atoms with E-state index in [2.05, 4.69) is 15.7 Å². The predicted molar refractivity (Wildman–Crippen MR) is 120 cm³/mol. The molecule has 0 aliphatic carbocycles. The molecule has 3 aromatic rings. The number of piperidine rings is 1. The van der Waals surface area contributed by atoms with Crippen LogP contribution in [0.3, 0.4) is 0 Å². The van der Waals surface area contributed by atoms with Gasteiger partial charge in [-0.15, -0.1) is 11.3 Å². The third-order valence-electron chi connectivity index (χ3n) is 5.59. The van der Waals surface area contributed by atoms with Crippen molar-refractivity contribution in [2.45, 2.75) is 39.0 Å². The fourth-order valence-electron chi connectivity index (χ4n) is 3.86. The molecule has 0 unspecified atom stereocenters. The quantitative estimate of drug-likeness (QED) is 0.629. The lowest BCUT2D eigenvalue weighted by Crippen LogP contribution is -2.39. The summed E-state index contributed by atoms with van der Waals surface area (Å²) >= 11 is 1.66. The zero-order chi connectivity index (χ0) is 21.1. The molecule has 7 heteroatoms. The molecule has 1 aliphatic rings. The summed E-state index contributed by atoms with van der Waals surface area (Å²) in [5.41, 5.74) is 2.65. The summed E-state index contributed by atoms with van der Waals surface area (Å²) < 4.78 is 0. The van der Waals surface area contributed by atoms with Gasteiger partial charge in [-0.25, -0.2) is 4.98 Å². The van der Waals surface area contributed by atoms with Crippen molar-refractivity contribution in [3.63, 3.8) is 0 Å². The lowest BCUT2D eigenvalue weighted by atomic mass is 9.98. The van der Waals surface area contributed by atoms with Crippen molar-refractivity contribution in [2.24, 2.45) is 5.92 Å². The Labute approximate surface area is 180 Å². The largest absolute Gasteiger partial charge is 0.355 e. The van der Waals surface area contributed by atoms with Crippen LogP contribution in [0, 0.1) is 5.92 Å². The number of thiazole rings is 1. The smallest absolute Gasteiger partial charge is 0.270 e. The third-order valence-corrected chi connectivity index (χ3v) is 6.65. The van der Waals surface area contributed by atoms with Crippen molar-refractivity contribution in [2.75, 3.05) is 19.6 Å². The molecule has 1 aliphatic heterocycles. The number of aromatic nitrogens is 2. The van der Waals surface area contributed by atoms with Crippen LogP contribution in [0.1, 0.15) is 53.8 Å². The molecule has 158 valence electrons. The number of rotatable bonds is 6. The van der Waals surface area contributed by atoms with Gasteiger partial charge >= 0.3 is 0 Å². The minimum Gasteiger partial charge on any atom is -0.355 e. The first-order chi connectivity index (χ1) is 14.5. The van der Waals surface area contributed by atoms with Crippen molar-refractivity contribution in [1.82, 2.24) is 20.2 Å². The Hall–Kier alpha value is -2.67. The number of nitrogens with zero attached hydrogens (tertiary/aromatic N) is 2. The molecule has 2 N–H and O–H groups in total. The number of hydrogen-bond donors (Lipinski definition) is 2. The summed E-state index contributed by atoms with van der Waals surface area (Å²) in [6.45, 7) is 5.87. The van der Waals surface area contributed by atoms with Crippen molar-refractivity contribution >= 4 is 34.1 Å². The first kappa shape index (κ1) is 20.6. The summed E-state index contributed by atoms with van der Waals surface area (Å²) in [6.07, 6.45) is 2.77. The number of aromatic amines is 1. The molecule has 30 heavy (non-hydrogen) atoms. The fourth-order valence-corrected chi connectivity index (χ4v) is 4.85. The summed E-state index contributed by atoms with van der Waals surface area (Å²) in [5, 5.41) is 7.17. The van der Waals surface area contributed by atoms with E-state index in [1.54, 1.807) is 11.3 Å². The van der Waals surface area contributed by atoms with E-state index in [4.69, 9.17) is 4.98 Å². The van der Waals surface area contributed by atoms with Gasteiger partial charge in [0.1, 0.15) is 5.69 Å². The minimum atomic E-state index is -0.000909. The van der Waals surface area contributed by atoms with Crippen LogP contribution in [-0.4, -0.2) is 46.3 Å². The Morgan fingerprint density at radius 1 is 1.33 bits per heavy atom. The van der Waals surface area contributed by atoms with E-state index < -0.39 is 0 Å². The van der Waals surface area contributed by atoms with E-state index in [0.29, 0.717) is 18.8 Å². The molecule has 6 nitrogen and oxygen atoms in total. The number of para-hydroxylation sites is 1. The highest BCUT2D eigenvalue weighted by Crippen LogP contribution is 2.30. The Morgan fingerprint density at radius 2 is 2.17 bits per heavy atom. The molecule has 1 aromatic carbocycles. The van der Waals surface area contributed by atoms with E-state index in [0.717, 1.165) is 47.4 Å². The van der Waals surface area contributed by atoms with Gasteiger partial charge in [-0.1, -0.05) is 32.0 Å². The normalized spacial score (nSPS) is 16.9. The monoisotopic (exact) mass is 424 g/mol. The maximum Gasteiger partial charge on any atom is 0.270 e. The van der Waals surface area contributed by atoms with Gasteiger partial charge in [-0.3, -0.25) is 9.59 Å². The topological polar surface area (TPSA) is 78.1 Å². The lowest BCUT2D eigenvalue weighted by Gasteiger charge is -2.31. The van der Waals surface area contributed by atoms with Crippen LogP contribution >= 0.6 is 11.3 Å². The molecular weight excluding hydrogens is 396 g/mol. The van der Waals surface area contributed by atoms with Crippen molar-refractivity contribution < 1.29 is 9.59 Å². The zero-order valence-electron chi connectivity index (χ0n) is 17.5. The van der Waals surface area contributed by atoms with Crippen LogP contribution < -0.4 is 5.32 Å². The first-order valence-corrected chi connectivity index (χ1v) is 11.5. The van der Waals surface area contributed by atoms with Gasteiger partial charge in [0.15, 0.2) is 0 Å². The van der Waals surface area contributed by atoms with Crippen LogP contribution in [0.5, 0.6) is 0 Å². The maximum absolute atomic E-state index is 13.0. The number of carbonyl (C=O) groups excluding carboxylic acids is 2. The highest BCUT2D eigenvalue weighted by molar-refractivity contribution is 7.09. The molecule has 2 amide bonds. The van der Waals surface area contributed by atoms with Gasteiger partial charge < -0.3 is 15.2 Å². The Kier molecular flexibility index (Phi) is 6.18. The minimum absolute atomic E-state index is 0.000909. The van der Waals surface area contributed by atoms with Crippen LogP contribution in [0.15, 0.2) is 35.7 Å². The number of H-pyrrole nitrogens is 1. The molecule has 4 rings (SSSR count). The summed E-state index contributed by atoms with van der Waals surface area (Å²) in [6, 6.07) is 9.90. The number of carbonyl (C=O) groups is 2. The number of benzene rings is 1. The number of amides is 2. The number of hydrogen-bond acceptors (Lipinski definition) is 4. The van der Waals surface area contributed by atoms with Gasteiger partial charge in [0.25, 0.3) is 5.91 Å². The molecule has 1 fully saturated rings. The van der Waals surface area contributed by atoms with Crippen molar-refractivity contribution in [3.05, 3.63) is 52.1 Å². The van der Waals surface area contributed by atoms with Gasteiger partial charge in [0.2, 0.25) is 5.91 Å². The van der Waals surface area contributed by atoms with Gasteiger partial charge in [-0.05, 0) is 25.0 Å². The summed E-state index contributed by atoms with van der Waals surface area (Å²) in [4.78, 5) is 34.7. The molecule has 1 atom stereocenters. The van der Waals surface area contributed by atoms with Crippen LogP contribution in [-0.2, 0) is 11.2 Å². The predicted octanol–water partition coefficient (Wildman–Crippen LogP) is 3.96. The van der Waals surface area contributed by atoms with E-state index >= 15 is 0 Å². The standard InChI is InChI=1S/C23H28N4O2S/c1-15(2)21(28)24-10-9-18-14-30-22(25-18)17-7-5-11-27(13-17)23(29)20-12-16-6-3-4-8-19(16)26-20/h3-4,6,8,12,14-15,17,26H,5,7,9-11,13H2,1-2H3,(H,24,28)/t17-/m0/s1. The molecule has 3 heterocycles. The summed E-state index contributed by atoms with van der Waals surface area (Å²) in [7, 11) is 0. The first-order valence-electron chi connectivity index (χ1n) is 10.6. The van der Waals surface area contributed by atoms with E-state index in [-0.39, 0.29) is 23.7 Å². The molecule has 0 saturated carbocycles. The van der Waals surface area contributed by atoms with E-state index in [1.807, 2.05) is 49.1 Å². The van der Waals surface area contributed by atoms with Crippen molar-refractivity contribution in [3.8, 4) is 0 Å². The average molecular weight is 425 g/mol. The third kappa shape index (κ3) is 4.56. The Morgan fingerprint density at radius 3 is 2.97 bits per heavy atom. The Bertz CT molecular complexity index is 1010. The van der Waals surface area contributed by atoms with Crippen LogP contribution in [0.4, 0.5) is 0 Å². The second kappa shape index (κ2) is 9.00. The Balaban J connectivity index is 1.37. The second-order valence-corrected chi connectivity index (χ2v) is 9.12. The number of likely N-dealkylation sites (tertiary alicyclic amines) is 1. The van der Waals surface area contributed by atoms with Crippen LogP contribution in [0.25, 0.3) is 10.9 Å². The molecule has 1 saturated heterocycles. The molecule has 0 spiro atoms. The van der Waals surface area contributed by atoms with E-state index in [9.17, 15) is 9.59 Å². The van der Waals surface area contributed by atoms with E-state index in [1.165, 1.54) is 0 Å². The average Bonchev–Trinajstić information content (AvgIpc) is 3.40. The van der Waals surface area contributed by atoms with Crippen LogP contribution in [0.2, 0.25) is 0 Å². The highest BCUT2D eigenvalue weighted by Gasteiger charge is 2.28. The maximum atomic E-state index is 13.0. The molecular formula is C23H28N4O2S. The SMILES string of the molecule is CC(C)C(=O)NCCc1csc([C@H]2CCCN(C(=O)c3cc4ccccc4[nH]3)C2)n1. The molecule has 2 aromatic heterocycles. The second-order valence-electron chi connectivity index (χ2n) is 8.23. The number of nitrogens with one attached hydrogen (secondary N) is 2. The van der Waals surface area contributed by atoms with Gasteiger partial charge in [0, 0.05) is 54.2 Å². The number of fused-ring (bicyclic) bond motifs is 1. The molecule has 0 radical (unpaired) electrons. The van der Waals surface area contributed by atoms with Gasteiger partial charge in [-0.2, -0.15) is 0 Å².